The number of carbonyl (C=O) groups excluding carboxylic acids is 3. The number of aliphatic hydroxyl groups is 1. The molecular weight excluding hydrogens is 603 g/mol. The lowest BCUT2D eigenvalue weighted by molar-refractivity contribution is -0.149. The number of esters is 1. The van der Waals surface area contributed by atoms with Crippen molar-refractivity contribution in [3.8, 4) is 0 Å². The number of aliphatic hydroxyl groups excluding tert-OH is 1. The van der Waals surface area contributed by atoms with Gasteiger partial charge < -0.3 is 33.8 Å². The van der Waals surface area contributed by atoms with Crippen LogP contribution >= 0.6 is 30.0 Å². The van der Waals surface area contributed by atoms with Crippen LogP contribution in [0.25, 0.3) is 0 Å². The predicted molar refractivity (Wildman–Crippen MR) is 145 cm³/mol. The van der Waals surface area contributed by atoms with Gasteiger partial charge >= 0.3 is 5.97 Å². The molecule has 2 rings (SSSR count). The van der Waals surface area contributed by atoms with Crippen molar-refractivity contribution < 1.29 is 46.8 Å². The molecule has 0 aromatic heterocycles. The van der Waals surface area contributed by atoms with Crippen molar-refractivity contribution in [2.75, 3.05) is 25.6 Å². The molecule has 0 saturated carbocycles. The Morgan fingerprint density at radius 3 is 2.62 bits per heavy atom. The lowest BCUT2D eigenvalue weighted by Crippen LogP contribution is -2.52. The highest BCUT2D eigenvalue weighted by atomic mass is 35.5. The van der Waals surface area contributed by atoms with Crippen LogP contribution in [0.2, 0.25) is 0 Å². The van der Waals surface area contributed by atoms with E-state index in [0.717, 1.165) is 22.9 Å². The molecule has 0 aromatic carbocycles. The Kier molecular flexibility index (Phi) is 12.2. The van der Waals surface area contributed by atoms with Gasteiger partial charge in [-0.05, 0) is 32.6 Å². The topological polar surface area (TPSA) is 136 Å². The number of hydrogen-bond acceptors (Lipinski definition) is 11. The van der Waals surface area contributed by atoms with Crippen LogP contribution in [0.3, 0.4) is 0 Å². The molecule has 1 saturated heterocycles. The van der Waals surface area contributed by atoms with Gasteiger partial charge in [0.05, 0.1) is 26.0 Å². The summed E-state index contributed by atoms with van der Waals surface area (Å²) < 4.78 is 51.3. The molecule has 6 atom stereocenters. The molecule has 224 valence electrons. The van der Waals surface area contributed by atoms with Crippen LogP contribution in [0, 0.1) is 5.41 Å². The van der Waals surface area contributed by atoms with E-state index in [9.17, 15) is 23.9 Å². The number of hydrogen-bond donors (Lipinski definition) is 3. The molecular formula is C22H35ClF2N3O8PS2. The number of nitrogens with one attached hydrogen (secondary N) is 2. The summed E-state index contributed by atoms with van der Waals surface area (Å²) in [7, 11) is 0. The van der Waals surface area contributed by atoms with Gasteiger partial charge in [-0.15, -0.1) is 0 Å². The summed E-state index contributed by atoms with van der Waals surface area (Å²) in [5, 5.41) is 12.5. The van der Waals surface area contributed by atoms with E-state index in [1.807, 2.05) is 0 Å². The molecule has 0 aromatic rings. The first-order valence-corrected chi connectivity index (χ1v) is 16.0. The maximum Gasteiger partial charge on any atom is 0.323 e. The number of alkyl halides is 2. The maximum absolute atomic E-state index is 15.3. The van der Waals surface area contributed by atoms with Crippen LogP contribution in [0.1, 0.15) is 41.5 Å². The van der Waals surface area contributed by atoms with Crippen molar-refractivity contribution in [3.63, 3.8) is 0 Å². The minimum absolute atomic E-state index is 0.0283. The second-order valence-corrected chi connectivity index (χ2v) is 15.0. The molecule has 0 spiro atoms. The van der Waals surface area contributed by atoms with Gasteiger partial charge in [0, 0.05) is 17.4 Å². The van der Waals surface area contributed by atoms with Crippen LogP contribution in [0.5, 0.6) is 0 Å². The molecule has 2 aliphatic heterocycles. The Balaban J connectivity index is 2.11. The summed E-state index contributed by atoms with van der Waals surface area (Å²) >= 11 is 12.5. The standard InChI is InChI=1S/C22H35ClF2N3O8PS2/c1-12(2)35-18(31)13(3)27-37(38,33-7-8-39-20(32)21(4,5)6)34-10-15-16(29)22(23,25)19(36-15)28-9-14(24)17(30)26-11-28/h9,12-13,15-16,19,29H,7-8,10-11H2,1-6H3,(H,26,30)(H,27,38). The molecule has 0 radical (unpaired) electrons. The highest BCUT2D eigenvalue weighted by molar-refractivity contribution is 8.13. The first-order valence-electron chi connectivity index (χ1n) is 12.0. The largest absolute Gasteiger partial charge is 0.462 e. The zero-order valence-corrected chi connectivity index (χ0v) is 25.7. The molecule has 1 amide bonds. The second-order valence-electron chi connectivity index (χ2n) is 10.2. The van der Waals surface area contributed by atoms with Gasteiger partial charge in [-0.25, -0.2) is 9.48 Å². The third kappa shape index (κ3) is 9.57. The zero-order chi connectivity index (χ0) is 29.8. The fraction of sp³-hybridized carbons (Fsp3) is 0.773. The number of nitrogens with zero attached hydrogens (tertiary/aromatic N) is 1. The number of ether oxygens (including phenoxy) is 2. The van der Waals surface area contributed by atoms with E-state index in [1.165, 1.54) is 6.92 Å². The number of amides is 1. The van der Waals surface area contributed by atoms with Gasteiger partial charge in [-0.2, -0.15) is 4.39 Å². The van der Waals surface area contributed by atoms with Crippen molar-refractivity contribution in [1.82, 2.24) is 15.3 Å². The molecule has 2 aliphatic rings. The van der Waals surface area contributed by atoms with Crippen molar-refractivity contribution in [2.45, 2.75) is 77.3 Å². The van der Waals surface area contributed by atoms with E-state index >= 15 is 4.39 Å². The number of rotatable bonds is 12. The van der Waals surface area contributed by atoms with Crippen molar-refractivity contribution in [2.24, 2.45) is 5.41 Å². The summed E-state index contributed by atoms with van der Waals surface area (Å²) in [6, 6.07) is -0.956. The molecule has 39 heavy (non-hydrogen) atoms. The van der Waals surface area contributed by atoms with Crippen molar-refractivity contribution >= 4 is 58.8 Å². The highest BCUT2D eigenvalue weighted by Crippen LogP contribution is 2.47. The fourth-order valence-corrected chi connectivity index (χ4v) is 6.80. The lowest BCUT2D eigenvalue weighted by Gasteiger charge is -2.33. The Morgan fingerprint density at radius 2 is 2.05 bits per heavy atom. The van der Waals surface area contributed by atoms with Gasteiger partial charge in [0.2, 0.25) is 5.83 Å². The van der Waals surface area contributed by atoms with Crippen LogP contribution in [0.15, 0.2) is 12.0 Å². The van der Waals surface area contributed by atoms with Crippen LogP contribution in [-0.4, -0.2) is 88.3 Å². The molecule has 0 bridgehead atoms. The Hall–Kier alpha value is -0.900. The average molecular weight is 638 g/mol. The van der Waals surface area contributed by atoms with Crippen LogP contribution in [-0.2, 0) is 44.7 Å². The summed E-state index contributed by atoms with van der Waals surface area (Å²) in [5.74, 6) is -2.56. The quantitative estimate of drug-likeness (QED) is 0.126. The summed E-state index contributed by atoms with van der Waals surface area (Å²) in [4.78, 5) is 36.8. The molecule has 17 heteroatoms. The summed E-state index contributed by atoms with van der Waals surface area (Å²) in [6.07, 6.45) is -4.66. The minimum atomic E-state index is -3.51. The van der Waals surface area contributed by atoms with Gasteiger partial charge in [0.25, 0.3) is 17.7 Å². The molecule has 0 aliphatic carbocycles. The van der Waals surface area contributed by atoms with E-state index in [1.54, 1.807) is 34.6 Å². The normalized spacial score (nSPS) is 28.1. The molecule has 6 unspecified atom stereocenters. The SMILES string of the molecule is CC(C)OC(=O)C(C)NP(=S)(OCCSC(=O)C(C)(C)C)OCC1OC(N2C=C(F)C(=O)NC2)C(F)(Cl)C1O. The van der Waals surface area contributed by atoms with Gasteiger partial charge in [-0.1, -0.05) is 44.1 Å². The number of thioether (sulfide) groups is 1. The fourth-order valence-electron chi connectivity index (χ4n) is 3.22. The smallest absolute Gasteiger partial charge is 0.323 e. The van der Waals surface area contributed by atoms with E-state index in [0.29, 0.717) is 0 Å². The van der Waals surface area contributed by atoms with E-state index in [2.05, 4.69) is 10.4 Å². The number of halogens is 3. The predicted octanol–water partition coefficient (Wildman–Crippen LogP) is 2.67. The van der Waals surface area contributed by atoms with Crippen LogP contribution < -0.4 is 10.4 Å². The number of carbonyl (C=O) groups is 3. The average Bonchev–Trinajstić information content (AvgIpc) is 3.04. The minimum Gasteiger partial charge on any atom is -0.462 e. The van der Waals surface area contributed by atoms with Crippen LogP contribution in [0.4, 0.5) is 8.78 Å². The third-order valence-electron chi connectivity index (χ3n) is 5.25. The summed E-state index contributed by atoms with van der Waals surface area (Å²) in [5.41, 5.74) is -0.559. The first-order chi connectivity index (χ1) is 17.9. The molecule has 11 nitrogen and oxygen atoms in total. The Bertz CT molecular complexity index is 1000. The monoisotopic (exact) mass is 637 g/mol. The van der Waals surface area contributed by atoms with Gasteiger partial charge in [0.15, 0.2) is 11.3 Å². The highest BCUT2D eigenvalue weighted by Gasteiger charge is 2.59. The first kappa shape index (κ1) is 34.3. The lowest BCUT2D eigenvalue weighted by atomic mass is 10.00. The molecule has 1 fully saturated rings. The molecule has 2 heterocycles. The third-order valence-corrected chi connectivity index (χ3v) is 9.57. The van der Waals surface area contributed by atoms with E-state index in [4.69, 9.17) is 41.9 Å². The second kappa shape index (κ2) is 13.8. The van der Waals surface area contributed by atoms with E-state index in [-0.39, 0.29) is 30.2 Å². The summed E-state index contributed by atoms with van der Waals surface area (Å²) in [6.45, 7) is 5.81. The van der Waals surface area contributed by atoms with Crippen molar-refractivity contribution in [3.05, 3.63) is 12.0 Å². The Labute approximate surface area is 240 Å². The Morgan fingerprint density at radius 1 is 1.41 bits per heavy atom. The van der Waals surface area contributed by atoms with Gasteiger partial charge in [-0.3, -0.25) is 14.4 Å². The van der Waals surface area contributed by atoms with Gasteiger partial charge in [0.1, 0.15) is 18.2 Å². The van der Waals surface area contributed by atoms with Crippen molar-refractivity contribution in [1.29, 1.82) is 0 Å². The zero-order valence-electron chi connectivity index (χ0n) is 22.4. The van der Waals surface area contributed by atoms with E-state index < -0.39 is 66.0 Å². The maximum atomic E-state index is 15.3. The molecule has 3 N–H and O–H groups in total.